The molecule has 8 heteroatoms. The minimum Gasteiger partial charge on any atom is -0.481 e. The maximum Gasteiger partial charge on any atom is 0.304 e. The van der Waals surface area contributed by atoms with E-state index in [-0.39, 0.29) is 12.5 Å². The number of carboxylic acid groups (broad SMARTS) is 1. The van der Waals surface area contributed by atoms with Crippen molar-refractivity contribution in [3.8, 4) is 0 Å². The number of rotatable bonds is 6. The Hall–Kier alpha value is -1.54. The summed E-state index contributed by atoms with van der Waals surface area (Å²) in [6.45, 7) is 0. The largest absolute Gasteiger partial charge is 0.481 e. The van der Waals surface area contributed by atoms with E-state index in [1.165, 1.54) is 27.7 Å². The molecule has 0 saturated heterocycles. The Balaban J connectivity index is 1.69. The molecule has 1 N–H and O–H groups in total. The van der Waals surface area contributed by atoms with Crippen molar-refractivity contribution in [1.82, 2.24) is 9.55 Å². The summed E-state index contributed by atoms with van der Waals surface area (Å²) in [5.41, 5.74) is 1.27. The van der Waals surface area contributed by atoms with Gasteiger partial charge in [-0.2, -0.15) is 0 Å². The summed E-state index contributed by atoms with van der Waals surface area (Å²) >= 11 is 0. The fraction of sp³-hybridized carbons (Fsp3) is 0.333. The number of imidazole rings is 1. The Bertz CT molecular complexity index is 736. The van der Waals surface area contributed by atoms with Gasteiger partial charge in [-0.15, -0.1) is 0 Å². The normalized spacial score (nSPS) is 16.5. The van der Waals surface area contributed by atoms with E-state index in [9.17, 15) is 13.6 Å². The molecule has 0 radical (unpaired) electrons. The van der Waals surface area contributed by atoms with Gasteiger partial charge in [0.15, 0.2) is 5.16 Å². The van der Waals surface area contributed by atoms with Crippen LogP contribution >= 0.6 is 21.6 Å². The lowest BCUT2D eigenvalue weighted by atomic mass is 10.1. The first kappa shape index (κ1) is 16.3. The molecular weight excluding hydrogens is 342 g/mol. The van der Waals surface area contributed by atoms with Gasteiger partial charge in [-0.3, -0.25) is 4.79 Å². The van der Waals surface area contributed by atoms with Crippen LogP contribution in [0.25, 0.3) is 0 Å². The maximum atomic E-state index is 13.9. The van der Waals surface area contributed by atoms with Crippen LogP contribution < -0.4 is 0 Å². The number of fused-ring (bicyclic) bond motifs is 1. The molecule has 1 unspecified atom stereocenters. The second kappa shape index (κ2) is 6.92. The van der Waals surface area contributed by atoms with E-state index in [4.69, 9.17) is 5.11 Å². The van der Waals surface area contributed by atoms with Crippen molar-refractivity contribution in [3.63, 3.8) is 0 Å². The molecular formula is C15H14F2N2O2S2. The van der Waals surface area contributed by atoms with Gasteiger partial charge in [0.1, 0.15) is 11.6 Å². The molecule has 3 rings (SSSR count). The Morgan fingerprint density at radius 2 is 2.22 bits per heavy atom. The molecule has 0 amide bonds. The predicted octanol–water partition coefficient (Wildman–Crippen LogP) is 3.72. The van der Waals surface area contributed by atoms with Crippen molar-refractivity contribution < 1.29 is 18.7 Å². The highest BCUT2D eigenvalue weighted by atomic mass is 33.1. The quantitative estimate of drug-likeness (QED) is 0.632. The summed E-state index contributed by atoms with van der Waals surface area (Å²) in [4.78, 5) is 14.8. The number of hydrogen-bond acceptors (Lipinski definition) is 4. The van der Waals surface area contributed by atoms with Gasteiger partial charge in [-0.1, -0.05) is 10.8 Å². The van der Waals surface area contributed by atoms with Crippen molar-refractivity contribution in [3.05, 3.63) is 47.3 Å². The first-order valence-electron chi connectivity index (χ1n) is 7.05. The van der Waals surface area contributed by atoms with E-state index in [0.29, 0.717) is 29.7 Å². The fourth-order valence-electron chi connectivity index (χ4n) is 2.69. The molecule has 0 spiro atoms. The number of aliphatic carboxylic acids is 1. The third kappa shape index (κ3) is 3.69. The fourth-order valence-corrected chi connectivity index (χ4v) is 4.74. The SMILES string of the molecule is O=C(O)CCSSc1nccn1C1Cc2cc(F)cc(F)c2C1. The summed E-state index contributed by atoms with van der Waals surface area (Å²) in [5, 5.41) is 9.39. The van der Waals surface area contributed by atoms with Crippen molar-refractivity contribution in [2.24, 2.45) is 0 Å². The van der Waals surface area contributed by atoms with Gasteiger partial charge in [-0.25, -0.2) is 13.8 Å². The van der Waals surface area contributed by atoms with Crippen molar-refractivity contribution in [2.75, 3.05) is 5.75 Å². The highest BCUT2D eigenvalue weighted by molar-refractivity contribution is 8.76. The number of halogens is 2. The minimum absolute atomic E-state index is 0.00590. The van der Waals surface area contributed by atoms with E-state index < -0.39 is 17.6 Å². The second-order valence-electron chi connectivity index (χ2n) is 5.25. The number of carboxylic acids is 1. The average Bonchev–Trinajstić information content (AvgIpc) is 3.09. The first-order chi connectivity index (χ1) is 11.0. The van der Waals surface area contributed by atoms with Gasteiger partial charge < -0.3 is 9.67 Å². The van der Waals surface area contributed by atoms with Crippen LogP contribution in [-0.4, -0.2) is 26.4 Å². The molecule has 1 aliphatic carbocycles. The number of carbonyl (C=O) groups is 1. The van der Waals surface area contributed by atoms with Crippen LogP contribution in [0, 0.1) is 11.6 Å². The molecule has 1 atom stereocenters. The Kier molecular flexibility index (Phi) is 4.91. The Morgan fingerprint density at radius 1 is 1.39 bits per heavy atom. The van der Waals surface area contributed by atoms with E-state index in [2.05, 4.69) is 4.98 Å². The average molecular weight is 356 g/mol. The number of hydrogen-bond donors (Lipinski definition) is 1. The second-order valence-corrected chi connectivity index (χ2v) is 7.64. The Morgan fingerprint density at radius 3 is 3.00 bits per heavy atom. The van der Waals surface area contributed by atoms with Gasteiger partial charge in [0, 0.05) is 30.3 Å². The molecule has 1 aliphatic rings. The third-order valence-electron chi connectivity index (χ3n) is 3.71. The molecule has 2 aromatic rings. The molecule has 122 valence electrons. The molecule has 0 aliphatic heterocycles. The minimum atomic E-state index is -0.829. The lowest BCUT2D eigenvalue weighted by Gasteiger charge is -2.14. The standard InChI is InChI=1S/C15H14F2N2O2S2/c16-10-5-9-6-11(8-12(9)13(17)7-10)19-3-2-18-15(19)23-22-4-1-14(20)21/h2-3,5,7,11H,1,4,6,8H2,(H,20,21). The number of nitrogens with zero attached hydrogens (tertiary/aromatic N) is 2. The zero-order valence-corrected chi connectivity index (χ0v) is 13.7. The van der Waals surface area contributed by atoms with Crippen LogP contribution in [0.2, 0.25) is 0 Å². The zero-order valence-electron chi connectivity index (χ0n) is 12.0. The summed E-state index contributed by atoms with van der Waals surface area (Å²) in [5.74, 6) is -1.39. The molecule has 0 saturated carbocycles. The summed E-state index contributed by atoms with van der Waals surface area (Å²) in [6, 6.07) is 2.32. The highest BCUT2D eigenvalue weighted by Crippen LogP contribution is 2.37. The lowest BCUT2D eigenvalue weighted by Crippen LogP contribution is -2.09. The van der Waals surface area contributed by atoms with Gasteiger partial charge in [-0.05, 0) is 40.8 Å². The van der Waals surface area contributed by atoms with Crippen LogP contribution in [0.15, 0.2) is 29.7 Å². The third-order valence-corrected chi connectivity index (χ3v) is 5.96. The number of benzene rings is 1. The highest BCUT2D eigenvalue weighted by Gasteiger charge is 2.27. The van der Waals surface area contributed by atoms with Gasteiger partial charge in [0.25, 0.3) is 0 Å². The van der Waals surface area contributed by atoms with E-state index in [1.807, 2.05) is 10.8 Å². The van der Waals surface area contributed by atoms with Crippen LogP contribution in [0.3, 0.4) is 0 Å². The topological polar surface area (TPSA) is 55.1 Å². The van der Waals surface area contributed by atoms with E-state index >= 15 is 0 Å². The van der Waals surface area contributed by atoms with Gasteiger partial charge >= 0.3 is 5.97 Å². The van der Waals surface area contributed by atoms with Crippen LogP contribution in [-0.2, 0) is 17.6 Å². The van der Waals surface area contributed by atoms with E-state index in [0.717, 1.165) is 11.2 Å². The van der Waals surface area contributed by atoms with E-state index in [1.54, 1.807) is 6.20 Å². The van der Waals surface area contributed by atoms with Crippen LogP contribution in [0.1, 0.15) is 23.6 Å². The van der Waals surface area contributed by atoms with Crippen LogP contribution in [0.4, 0.5) is 8.78 Å². The van der Waals surface area contributed by atoms with Gasteiger partial charge in [0.2, 0.25) is 0 Å². The molecule has 1 aromatic heterocycles. The predicted molar refractivity (Wildman–Crippen MR) is 85.6 cm³/mol. The molecule has 0 fully saturated rings. The van der Waals surface area contributed by atoms with Crippen molar-refractivity contribution >= 4 is 27.6 Å². The monoisotopic (exact) mass is 356 g/mol. The molecule has 0 bridgehead atoms. The molecule has 4 nitrogen and oxygen atoms in total. The molecule has 1 heterocycles. The summed E-state index contributed by atoms with van der Waals surface area (Å²) in [6.07, 6.45) is 4.65. The molecule has 23 heavy (non-hydrogen) atoms. The summed E-state index contributed by atoms with van der Waals surface area (Å²) in [7, 11) is 2.83. The van der Waals surface area contributed by atoms with Crippen LogP contribution in [0.5, 0.6) is 0 Å². The molecule has 1 aromatic carbocycles. The number of aromatic nitrogens is 2. The Labute approximate surface area is 139 Å². The van der Waals surface area contributed by atoms with Crippen molar-refractivity contribution in [2.45, 2.75) is 30.5 Å². The van der Waals surface area contributed by atoms with Gasteiger partial charge in [0.05, 0.1) is 6.42 Å². The summed E-state index contributed by atoms with van der Waals surface area (Å²) < 4.78 is 29.1. The zero-order chi connectivity index (χ0) is 16.4. The maximum absolute atomic E-state index is 13.9. The smallest absolute Gasteiger partial charge is 0.304 e. The lowest BCUT2D eigenvalue weighted by molar-refractivity contribution is -0.136. The first-order valence-corrected chi connectivity index (χ1v) is 9.37. The van der Waals surface area contributed by atoms with Crippen molar-refractivity contribution in [1.29, 1.82) is 0 Å².